The first-order valence-corrected chi connectivity index (χ1v) is 5.38. The van der Waals surface area contributed by atoms with Crippen LogP contribution in [0.5, 0.6) is 0 Å². The highest BCUT2D eigenvalue weighted by Crippen LogP contribution is 2.20. The van der Waals surface area contributed by atoms with E-state index < -0.39 is 0 Å². The zero-order valence-corrected chi connectivity index (χ0v) is 9.46. The highest BCUT2D eigenvalue weighted by atomic mass is 35.5. The molecule has 72 valence electrons. The van der Waals surface area contributed by atoms with Gasteiger partial charge in [0.2, 0.25) is 0 Å². The lowest BCUT2D eigenvalue weighted by molar-refractivity contribution is 0.776. The third kappa shape index (κ3) is 3.77. The van der Waals surface area contributed by atoms with Gasteiger partial charge in [-0.05, 0) is 30.7 Å². The van der Waals surface area contributed by atoms with Crippen molar-refractivity contribution in [3.63, 3.8) is 0 Å². The summed E-state index contributed by atoms with van der Waals surface area (Å²) < 4.78 is 0. The maximum absolute atomic E-state index is 5.98. The highest BCUT2D eigenvalue weighted by Gasteiger charge is 1.99. The van der Waals surface area contributed by atoms with E-state index in [1.807, 2.05) is 12.1 Å². The Labute approximate surface area is 93.8 Å². The Morgan fingerprint density at radius 3 is 2.69 bits per heavy atom. The molecule has 0 atom stereocenters. The molecule has 0 aliphatic carbocycles. The van der Waals surface area contributed by atoms with E-state index in [0.29, 0.717) is 10.9 Å². The van der Waals surface area contributed by atoms with Gasteiger partial charge < -0.3 is 5.32 Å². The number of hydrogen-bond donors (Lipinski definition) is 2. The summed E-state index contributed by atoms with van der Waals surface area (Å²) in [6.45, 7) is 0.880. The molecule has 0 spiro atoms. The van der Waals surface area contributed by atoms with E-state index in [1.54, 1.807) is 6.07 Å². The molecule has 1 aromatic carbocycles. The zero-order valence-electron chi connectivity index (χ0n) is 7.06. The number of rotatable bonds is 4. The average molecular weight is 236 g/mol. The topological polar surface area (TPSA) is 12.0 Å². The van der Waals surface area contributed by atoms with Gasteiger partial charge in [-0.2, -0.15) is 12.6 Å². The van der Waals surface area contributed by atoms with Gasteiger partial charge in [0.15, 0.2) is 0 Å². The Morgan fingerprint density at radius 1 is 1.31 bits per heavy atom. The minimum absolute atomic E-state index is 0.677. The van der Waals surface area contributed by atoms with Crippen LogP contribution in [-0.4, -0.2) is 12.4 Å². The second kappa shape index (κ2) is 5.76. The summed E-state index contributed by atoms with van der Waals surface area (Å²) in [5.74, 6) is 0.686. The molecule has 0 radical (unpaired) electrons. The Morgan fingerprint density at radius 2 is 2.08 bits per heavy atom. The van der Waals surface area contributed by atoms with Gasteiger partial charge in [-0.25, -0.2) is 0 Å². The molecule has 1 aromatic rings. The molecule has 4 heteroatoms. The zero-order chi connectivity index (χ0) is 9.68. The average Bonchev–Trinajstić information content (AvgIpc) is 2.09. The molecule has 1 nitrogen and oxygen atoms in total. The molecule has 0 amide bonds. The van der Waals surface area contributed by atoms with Crippen LogP contribution in [0.1, 0.15) is 5.56 Å². The monoisotopic (exact) mass is 235 g/mol. The van der Waals surface area contributed by atoms with Crippen molar-refractivity contribution < 1.29 is 0 Å². The van der Waals surface area contributed by atoms with Crippen LogP contribution in [-0.2, 0) is 6.42 Å². The number of hydrogen-bond acceptors (Lipinski definition) is 2. The second-order valence-electron chi connectivity index (χ2n) is 2.64. The van der Waals surface area contributed by atoms with Crippen molar-refractivity contribution in [3.05, 3.63) is 33.8 Å². The van der Waals surface area contributed by atoms with Crippen molar-refractivity contribution in [2.24, 2.45) is 0 Å². The van der Waals surface area contributed by atoms with E-state index >= 15 is 0 Å². The van der Waals surface area contributed by atoms with E-state index in [-0.39, 0.29) is 0 Å². The fourth-order valence-corrected chi connectivity index (χ4v) is 1.69. The Kier molecular flexibility index (Phi) is 4.96. The molecule has 0 bridgehead atoms. The van der Waals surface area contributed by atoms with Gasteiger partial charge in [-0.1, -0.05) is 29.3 Å². The fraction of sp³-hybridized carbons (Fsp3) is 0.333. The first-order chi connectivity index (χ1) is 6.24. The number of halogens is 2. The lowest BCUT2D eigenvalue weighted by Crippen LogP contribution is -2.14. The molecule has 1 rings (SSSR count). The Balaban J connectivity index is 2.56. The summed E-state index contributed by atoms with van der Waals surface area (Å²) in [6.07, 6.45) is 0.899. The molecule has 0 aromatic heterocycles. The quantitative estimate of drug-likeness (QED) is 0.465. The van der Waals surface area contributed by atoms with Crippen LogP contribution in [0.4, 0.5) is 0 Å². The Hall–Kier alpha value is 0.110. The molecule has 0 heterocycles. The van der Waals surface area contributed by atoms with Crippen LogP contribution in [0.15, 0.2) is 18.2 Å². The summed E-state index contributed by atoms with van der Waals surface area (Å²) in [4.78, 5) is 0. The standard InChI is InChI=1S/C9H11Cl2NS/c10-8-2-1-7(9(11)5-8)3-4-12-6-13/h1-2,5,12-13H,3-4,6H2. The molecular weight excluding hydrogens is 225 g/mol. The lowest BCUT2D eigenvalue weighted by atomic mass is 10.1. The summed E-state index contributed by atoms with van der Waals surface area (Å²) in [7, 11) is 0. The Bertz CT molecular complexity index is 278. The van der Waals surface area contributed by atoms with Crippen LogP contribution in [0.3, 0.4) is 0 Å². The van der Waals surface area contributed by atoms with Crippen molar-refractivity contribution in [1.82, 2.24) is 5.32 Å². The normalized spacial score (nSPS) is 10.4. The van der Waals surface area contributed by atoms with Gasteiger partial charge in [0.1, 0.15) is 0 Å². The summed E-state index contributed by atoms with van der Waals surface area (Å²) in [5, 5.41) is 4.52. The van der Waals surface area contributed by atoms with Gasteiger partial charge in [0.05, 0.1) is 0 Å². The molecular formula is C9H11Cl2NS. The fourth-order valence-electron chi connectivity index (χ4n) is 1.03. The van der Waals surface area contributed by atoms with Gasteiger partial charge in [-0.3, -0.25) is 0 Å². The van der Waals surface area contributed by atoms with E-state index in [9.17, 15) is 0 Å². The van der Waals surface area contributed by atoms with Crippen molar-refractivity contribution >= 4 is 35.8 Å². The van der Waals surface area contributed by atoms with Gasteiger partial charge in [0, 0.05) is 15.9 Å². The number of nitrogens with one attached hydrogen (secondary N) is 1. The van der Waals surface area contributed by atoms with Crippen LogP contribution in [0, 0.1) is 0 Å². The maximum Gasteiger partial charge on any atom is 0.0453 e. The number of benzene rings is 1. The van der Waals surface area contributed by atoms with E-state index in [2.05, 4.69) is 17.9 Å². The maximum atomic E-state index is 5.98. The van der Waals surface area contributed by atoms with Crippen LogP contribution >= 0.6 is 35.8 Å². The highest BCUT2D eigenvalue weighted by molar-refractivity contribution is 7.80. The molecule has 0 saturated heterocycles. The summed E-state index contributed by atoms with van der Waals surface area (Å²) >= 11 is 15.8. The second-order valence-corrected chi connectivity index (χ2v) is 3.80. The van der Waals surface area contributed by atoms with Gasteiger partial charge >= 0.3 is 0 Å². The minimum atomic E-state index is 0.677. The predicted octanol–water partition coefficient (Wildman–Crippen LogP) is 3.01. The van der Waals surface area contributed by atoms with E-state index in [4.69, 9.17) is 23.2 Å². The summed E-state index contributed by atoms with van der Waals surface area (Å²) in [6, 6.07) is 5.56. The molecule has 0 saturated carbocycles. The van der Waals surface area contributed by atoms with Gasteiger partial charge in [0.25, 0.3) is 0 Å². The smallest absolute Gasteiger partial charge is 0.0453 e. The first-order valence-electron chi connectivity index (χ1n) is 3.99. The van der Waals surface area contributed by atoms with Crippen molar-refractivity contribution in [2.75, 3.05) is 12.4 Å². The van der Waals surface area contributed by atoms with E-state index in [0.717, 1.165) is 23.6 Å². The molecule has 1 N–H and O–H groups in total. The number of thiol groups is 1. The lowest BCUT2D eigenvalue weighted by Gasteiger charge is -2.04. The molecule has 0 aliphatic heterocycles. The van der Waals surface area contributed by atoms with Crippen molar-refractivity contribution in [1.29, 1.82) is 0 Å². The largest absolute Gasteiger partial charge is 0.308 e. The van der Waals surface area contributed by atoms with Crippen LogP contribution < -0.4 is 5.32 Å². The third-order valence-corrected chi connectivity index (χ3v) is 2.51. The molecule has 0 unspecified atom stereocenters. The minimum Gasteiger partial charge on any atom is -0.308 e. The third-order valence-electron chi connectivity index (χ3n) is 1.70. The van der Waals surface area contributed by atoms with E-state index in [1.165, 1.54) is 0 Å². The van der Waals surface area contributed by atoms with Crippen LogP contribution in [0.2, 0.25) is 10.0 Å². The SMILES string of the molecule is SCNCCc1ccc(Cl)cc1Cl. The van der Waals surface area contributed by atoms with Crippen LogP contribution in [0.25, 0.3) is 0 Å². The van der Waals surface area contributed by atoms with Crippen molar-refractivity contribution in [2.45, 2.75) is 6.42 Å². The first kappa shape index (κ1) is 11.2. The van der Waals surface area contributed by atoms with Gasteiger partial charge in [-0.15, -0.1) is 0 Å². The molecule has 0 fully saturated rings. The molecule has 0 aliphatic rings. The molecule has 13 heavy (non-hydrogen) atoms. The van der Waals surface area contributed by atoms with Crippen molar-refractivity contribution in [3.8, 4) is 0 Å². The summed E-state index contributed by atoms with van der Waals surface area (Å²) in [5.41, 5.74) is 1.11. The predicted molar refractivity (Wildman–Crippen MR) is 62.0 cm³/mol.